The van der Waals surface area contributed by atoms with Crippen molar-refractivity contribution in [1.82, 2.24) is 5.32 Å². The van der Waals surface area contributed by atoms with Crippen molar-refractivity contribution in [1.29, 1.82) is 0 Å². The number of hydrogen-bond acceptors (Lipinski definition) is 1. The van der Waals surface area contributed by atoms with E-state index >= 15 is 0 Å². The molecule has 0 spiro atoms. The molecule has 2 unspecified atom stereocenters. The summed E-state index contributed by atoms with van der Waals surface area (Å²) in [6, 6.07) is 1.70. The lowest BCUT2D eigenvalue weighted by molar-refractivity contribution is 0.284. The van der Waals surface area contributed by atoms with E-state index < -0.39 is 0 Å². The molecule has 0 saturated heterocycles. The molecule has 2 rings (SSSR count). The molecule has 0 aromatic rings. The first-order valence-electron chi connectivity index (χ1n) is 7.04. The number of hydrogen-bond donors (Lipinski definition) is 1. The Kier molecular flexibility index (Phi) is 4.07. The summed E-state index contributed by atoms with van der Waals surface area (Å²) < 4.78 is 0. The van der Waals surface area contributed by atoms with Crippen molar-refractivity contribution in [2.75, 3.05) is 0 Å². The van der Waals surface area contributed by atoms with Crippen molar-refractivity contribution in [3.05, 3.63) is 0 Å². The summed E-state index contributed by atoms with van der Waals surface area (Å²) in [5.74, 6) is 2.00. The predicted octanol–water partition coefficient (Wildman–Crippen LogP) is 3.73. The van der Waals surface area contributed by atoms with Crippen LogP contribution in [0.1, 0.15) is 65.2 Å². The van der Waals surface area contributed by atoms with Gasteiger partial charge in [-0.1, -0.05) is 20.3 Å². The van der Waals surface area contributed by atoms with Crippen LogP contribution in [-0.2, 0) is 0 Å². The molecule has 0 aromatic carbocycles. The molecular weight excluding hydrogens is 182 g/mol. The maximum Gasteiger partial charge on any atom is 0.00723 e. The normalized spacial score (nSPS) is 42.0. The minimum Gasteiger partial charge on any atom is -0.311 e. The molecule has 0 heterocycles. The maximum absolute atomic E-state index is 3.90. The summed E-state index contributed by atoms with van der Waals surface area (Å²) in [6.45, 7) is 4.74. The van der Waals surface area contributed by atoms with Crippen LogP contribution in [0.2, 0.25) is 0 Å². The van der Waals surface area contributed by atoms with E-state index in [1.54, 1.807) is 0 Å². The summed E-state index contributed by atoms with van der Waals surface area (Å²) >= 11 is 0. The van der Waals surface area contributed by atoms with Crippen LogP contribution in [0.25, 0.3) is 0 Å². The van der Waals surface area contributed by atoms with Crippen molar-refractivity contribution >= 4 is 0 Å². The molecule has 0 amide bonds. The van der Waals surface area contributed by atoms with Gasteiger partial charge in [-0.25, -0.2) is 0 Å². The van der Waals surface area contributed by atoms with Gasteiger partial charge in [0.25, 0.3) is 0 Å². The maximum atomic E-state index is 3.90. The second-order valence-electron chi connectivity index (χ2n) is 5.91. The minimum atomic E-state index is 0.849. The molecule has 0 aliphatic heterocycles. The summed E-state index contributed by atoms with van der Waals surface area (Å²) in [4.78, 5) is 0. The smallest absolute Gasteiger partial charge is 0.00723 e. The van der Waals surface area contributed by atoms with Crippen LogP contribution in [-0.4, -0.2) is 12.1 Å². The molecule has 2 aliphatic rings. The summed E-state index contributed by atoms with van der Waals surface area (Å²) in [6.07, 6.45) is 11.5. The van der Waals surface area contributed by atoms with Gasteiger partial charge in [-0.05, 0) is 56.8 Å². The number of nitrogens with one attached hydrogen (secondary N) is 1. The van der Waals surface area contributed by atoms with E-state index in [9.17, 15) is 0 Å². The molecule has 88 valence electrons. The van der Waals surface area contributed by atoms with Gasteiger partial charge in [-0.2, -0.15) is 0 Å². The van der Waals surface area contributed by atoms with Crippen LogP contribution in [0.3, 0.4) is 0 Å². The first kappa shape index (κ1) is 11.4. The van der Waals surface area contributed by atoms with Crippen molar-refractivity contribution in [3.8, 4) is 0 Å². The summed E-state index contributed by atoms with van der Waals surface area (Å²) in [7, 11) is 0. The molecular formula is C14H27N. The first-order chi connectivity index (χ1) is 7.28. The fraction of sp³-hybridized carbons (Fsp3) is 1.00. The Hall–Kier alpha value is -0.0400. The van der Waals surface area contributed by atoms with Gasteiger partial charge in [-0.15, -0.1) is 0 Å². The van der Waals surface area contributed by atoms with Gasteiger partial charge in [-0.3, -0.25) is 0 Å². The Morgan fingerprint density at radius 2 is 1.60 bits per heavy atom. The predicted molar refractivity (Wildman–Crippen MR) is 66.0 cm³/mol. The van der Waals surface area contributed by atoms with Crippen molar-refractivity contribution < 1.29 is 0 Å². The van der Waals surface area contributed by atoms with Gasteiger partial charge in [0.15, 0.2) is 0 Å². The van der Waals surface area contributed by atoms with E-state index in [0.717, 1.165) is 23.9 Å². The van der Waals surface area contributed by atoms with Crippen molar-refractivity contribution in [3.63, 3.8) is 0 Å². The Morgan fingerprint density at radius 1 is 0.933 bits per heavy atom. The van der Waals surface area contributed by atoms with Crippen LogP contribution in [0.5, 0.6) is 0 Å². The summed E-state index contributed by atoms with van der Waals surface area (Å²) in [5, 5.41) is 3.90. The largest absolute Gasteiger partial charge is 0.311 e. The molecule has 1 nitrogen and oxygen atoms in total. The Balaban J connectivity index is 1.69. The van der Waals surface area contributed by atoms with E-state index in [-0.39, 0.29) is 0 Å². The van der Waals surface area contributed by atoms with Crippen LogP contribution >= 0.6 is 0 Å². The third-order valence-electron chi connectivity index (χ3n) is 4.61. The lowest BCUT2D eigenvalue weighted by Crippen LogP contribution is -2.39. The Labute approximate surface area is 95.0 Å². The van der Waals surface area contributed by atoms with Gasteiger partial charge in [0.1, 0.15) is 0 Å². The third kappa shape index (κ3) is 3.21. The molecule has 1 N–H and O–H groups in total. The molecule has 2 aliphatic carbocycles. The fourth-order valence-corrected chi connectivity index (χ4v) is 3.36. The molecule has 15 heavy (non-hydrogen) atoms. The van der Waals surface area contributed by atoms with Crippen LogP contribution in [0.15, 0.2) is 0 Å². The number of rotatable bonds is 3. The van der Waals surface area contributed by atoms with Crippen LogP contribution in [0, 0.1) is 11.8 Å². The van der Waals surface area contributed by atoms with Gasteiger partial charge < -0.3 is 5.32 Å². The van der Waals surface area contributed by atoms with Crippen LogP contribution < -0.4 is 5.32 Å². The average molecular weight is 209 g/mol. The second-order valence-corrected chi connectivity index (χ2v) is 5.91. The van der Waals surface area contributed by atoms with Gasteiger partial charge in [0.2, 0.25) is 0 Å². The molecule has 2 atom stereocenters. The van der Waals surface area contributed by atoms with E-state index in [2.05, 4.69) is 19.2 Å². The molecule has 0 aromatic heterocycles. The Bertz CT molecular complexity index is 182. The standard InChI is InChI=1S/C14H27N/c1-3-12-6-9-14(10-12)15-13-7-4-11(2)5-8-13/h11-15H,3-10H2,1-2H3. The summed E-state index contributed by atoms with van der Waals surface area (Å²) in [5.41, 5.74) is 0. The van der Waals surface area contributed by atoms with E-state index in [0.29, 0.717) is 0 Å². The second kappa shape index (κ2) is 5.34. The zero-order valence-corrected chi connectivity index (χ0v) is 10.5. The van der Waals surface area contributed by atoms with Crippen molar-refractivity contribution in [2.24, 2.45) is 11.8 Å². The third-order valence-corrected chi connectivity index (χ3v) is 4.61. The van der Waals surface area contributed by atoms with E-state index in [1.165, 1.54) is 51.4 Å². The van der Waals surface area contributed by atoms with Crippen LogP contribution in [0.4, 0.5) is 0 Å². The highest BCUT2D eigenvalue weighted by Gasteiger charge is 2.26. The van der Waals surface area contributed by atoms with Crippen molar-refractivity contribution in [2.45, 2.75) is 77.3 Å². The quantitative estimate of drug-likeness (QED) is 0.747. The lowest BCUT2D eigenvalue weighted by Gasteiger charge is -2.29. The monoisotopic (exact) mass is 209 g/mol. The van der Waals surface area contributed by atoms with Gasteiger partial charge >= 0.3 is 0 Å². The Morgan fingerprint density at radius 3 is 2.20 bits per heavy atom. The zero-order valence-electron chi connectivity index (χ0n) is 10.5. The van der Waals surface area contributed by atoms with Gasteiger partial charge in [0.05, 0.1) is 0 Å². The average Bonchev–Trinajstić information content (AvgIpc) is 2.69. The highest BCUT2D eigenvalue weighted by Crippen LogP contribution is 2.30. The van der Waals surface area contributed by atoms with Gasteiger partial charge in [0, 0.05) is 12.1 Å². The molecule has 0 radical (unpaired) electrons. The molecule has 2 saturated carbocycles. The van der Waals surface area contributed by atoms with E-state index in [1.807, 2.05) is 0 Å². The fourth-order valence-electron chi connectivity index (χ4n) is 3.36. The molecule has 0 bridgehead atoms. The highest BCUT2D eigenvalue weighted by molar-refractivity contribution is 4.84. The molecule has 2 fully saturated rings. The lowest BCUT2D eigenvalue weighted by atomic mass is 9.87. The zero-order chi connectivity index (χ0) is 10.7. The molecule has 1 heteroatoms. The SMILES string of the molecule is CCC1CCC(NC2CCC(C)CC2)C1. The first-order valence-corrected chi connectivity index (χ1v) is 7.04. The topological polar surface area (TPSA) is 12.0 Å². The van der Waals surface area contributed by atoms with E-state index in [4.69, 9.17) is 0 Å². The highest BCUT2D eigenvalue weighted by atomic mass is 15.0. The minimum absolute atomic E-state index is 0.849.